The molecule has 1 aliphatic carbocycles. The van der Waals surface area contributed by atoms with Crippen molar-refractivity contribution >= 4 is 11.9 Å². The largest absolute Gasteiger partial charge is 0.465 e. The molecule has 5 nitrogen and oxygen atoms in total. The zero-order valence-electron chi connectivity index (χ0n) is 10.9. The van der Waals surface area contributed by atoms with Gasteiger partial charge in [-0.15, -0.1) is 0 Å². The molecule has 0 aromatic carbocycles. The van der Waals surface area contributed by atoms with Crippen LogP contribution in [0.2, 0.25) is 0 Å². The average Bonchev–Trinajstić information content (AvgIpc) is 3.07. The number of ether oxygens (including phenoxy) is 2. The van der Waals surface area contributed by atoms with Gasteiger partial charge in [0.05, 0.1) is 12.7 Å². The third-order valence-corrected chi connectivity index (χ3v) is 3.31. The highest BCUT2D eigenvalue weighted by Crippen LogP contribution is 2.31. The first kappa shape index (κ1) is 13.3. The first-order chi connectivity index (χ1) is 8.70. The monoisotopic (exact) mass is 255 g/mol. The van der Waals surface area contributed by atoms with Crippen LogP contribution in [0.5, 0.6) is 0 Å². The number of hydrogen-bond acceptors (Lipinski definition) is 4. The van der Waals surface area contributed by atoms with Gasteiger partial charge in [-0.2, -0.15) is 0 Å². The summed E-state index contributed by atoms with van der Waals surface area (Å²) in [6.45, 7) is 3.46. The van der Waals surface area contributed by atoms with Crippen molar-refractivity contribution in [2.24, 2.45) is 5.92 Å². The summed E-state index contributed by atoms with van der Waals surface area (Å²) in [4.78, 5) is 25.2. The first-order valence-electron chi connectivity index (χ1n) is 6.76. The summed E-state index contributed by atoms with van der Waals surface area (Å²) in [5, 5.41) is 0. The summed E-state index contributed by atoms with van der Waals surface area (Å²) in [6.07, 6.45) is 3.99. The topological polar surface area (TPSA) is 55.8 Å². The minimum absolute atomic E-state index is 0.0586. The molecule has 5 heteroatoms. The van der Waals surface area contributed by atoms with Crippen LogP contribution in [-0.2, 0) is 19.1 Å². The summed E-state index contributed by atoms with van der Waals surface area (Å²) in [7, 11) is 0. The number of hydrogen-bond donors (Lipinski definition) is 0. The number of amides is 1. The van der Waals surface area contributed by atoms with E-state index in [9.17, 15) is 9.59 Å². The Morgan fingerprint density at radius 3 is 2.67 bits per heavy atom. The molecule has 1 saturated carbocycles. The van der Waals surface area contributed by atoms with Crippen molar-refractivity contribution in [3.63, 3.8) is 0 Å². The SMILES string of the molecule is CCOC(=O)CN(C[C@@H]1CCCO1)C(=O)C1CC1. The molecule has 1 heterocycles. The fraction of sp³-hybridized carbons (Fsp3) is 0.846. The van der Waals surface area contributed by atoms with E-state index in [1.165, 1.54) is 0 Å². The Morgan fingerprint density at radius 2 is 2.11 bits per heavy atom. The van der Waals surface area contributed by atoms with Gasteiger partial charge in [0.25, 0.3) is 0 Å². The average molecular weight is 255 g/mol. The molecule has 1 amide bonds. The lowest BCUT2D eigenvalue weighted by molar-refractivity contribution is -0.150. The Morgan fingerprint density at radius 1 is 1.33 bits per heavy atom. The molecule has 0 aromatic heterocycles. The van der Waals surface area contributed by atoms with E-state index < -0.39 is 0 Å². The van der Waals surface area contributed by atoms with Crippen molar-refractivity contribution < 1.29 is 19.1 Å². The number of carbonyl (C=O) groups excluding carboxylic acids is 2. The van der Waals surface area contributed by atoms with Gasteiger partial charge in [0.2, 0.25) is 5.91 Å². The van der Waals surface area contributed by atoms with Gasteiger partial charge in [-0.1, -0.05) is 0 Å². The van der Waals surface area contributed by atoms with Crippen LogP contribution in [0.25, 0.3) is 0 Å². The number of esters is 1. The third kappa shape index (κ3) is 3.70. The lowest BCUT2D eigenvalue weighted by Gasteiger charge is -2.24. The van der Waals surface area contributed by atoms with Gasteiger partial charge >= 0.3 is 5.97 Å². The van der Waals surface area contributed by atoms with Crippen LogP contribution in [0.15, 0.2) is 0 Å². The molecule has 2 fully saturated rings. The van der Waals surface area contributed by atoms with Crippen LogP contribution in [0.3, 0.4) is 0 Å². The van der Waals surface area contributed by atoms with Crippen molar-refractivity contribution in [1.82, 2.24) is 4.90 Å². The van der Waals surface area contributed by atoms with E-state index >= 15 is 0 Å². The number of carbonyl (C=O) groups is 2. The van der Waals surface area contributed by atoms with Gasteiger partial charge in [0, 0.05) is 19.1 Å². The summed E-state index contributed by atoms with van der Waals surface area (Å²) in [5.41, 5.74) is 0. The Labute approximate surface area is 107 Å². The van der Waals surface area contributed by atoms with E-state index in [4.69, 9.17) is 9.47 Å². The number of nitrogens with zero attached hydrogens (tertiary/aromatic N) is 1. The van der Waals surface area contributed by atoms with Crippen molar-refractivity contribution in [3.05, 3.63) is 0 Å². The zero-order valence-corrected chi connectivity index (χ0v) is 10.9. The molecule has 2 rings (SSSR count). The van der Waals surface area contributed by atoms with E-state index in [2.05, 4.69) is 0 Å². The van der Waals surface area contributed by atoms with Gasteiger partial charge in [0.1, 0.15) is 6.54 Å². The maximum atomic E-state index is 12.1. The molecule has 1 saturated heterocycles. The normalized spacial score (nSPS) is 22.8. The van der Waals surface area contributed by atoms with E-state index in [0.717, 1.165) is 32.3 Å². The highest BCUT2D eigenvalue weighted by atomic mass is 16.5. The quantitative estimate of drug-likeness (QED) is 0.664. The molecule has 0 N–H and O–H groups in total. The van der Waals surface area contributed by atoms with Crippen LogP contribution in [0.1, 0.15) is 32.6 Å². The Hall–Kier alpha value is -1.10. The lowest BCUT2D eigenvalue weighted by atomic mass is 10.2. The molecule has 1 aliphatic heterocycles. The highest BCUT2D eigenvalue weighted by molar-refractivity contribution is 5.85. The van der Waals surface area contributed by atoms with Crippen molar-refractivity contribution in [1.29, 1.82) is 0 Å². The molecular formula is C13H21NO4. The smallest absolute Gasteiger partial charge is 0.325 e. The van der Waals surface area contributed by atoms with Gasteiger partial charge in [-0.05, 0) is 32.6 Å². The minimum atomic E-state index is -0.329. The molecule has 18 heavy (non-hydrogen) atoms. The second-order valence-electron chi connectivity index (χ2n) is 4.93. The Bertz CT molecular complexity index is 308. The molecule has 0 radical (unpaired) electrons. The fourth-order valence-corrected chi connectivity index (χ4v) is 2.22. The van der Waals surface area contributed by atoms with E-state index in [0.29, 0.717) is 13.2 Å². The molecule has 1 atom stereocenters. The summed E-state index contributed by atoms with van der Waals surface area (Å²) >= 11 is 0. The van der Waals surface area contributed by atoms with Crippen molar-refractivity contribution in [2.75, 3.05) is 26.3 Å². The predicted octanol–water partition coefficient (Wildman–Crippen LogP) is 0.967. The maximum Gasteiger partial charge on any atom is 0.325 e. The molecule has 0 unspecified atom stereocenters. The maximum absolute atomic E-state index is 12.1. The van der Waals surface area contributed by atoms with Crippen LogP contribution in [-0.4, -0.2) is 49.2 Å². The van der Waals surface area contributed by atoms with Gasteiger partial charge in [-0.25, -0.2) is 0 Å². The van der Waals surface area contributed by atoms with Crippen LogP contribution >= 0.6 is 0 Å². The Kier molecular flexibility index (Phi) is 4.58. The van der Waals surface area contributed by atoms with E-state index in [1.54, 1.807) is 11.8 Å². The first-order valence-corrected chi connectivity index (χ1v) is 6.76. The second-order valence-corrected chi connectivity index (χ2v) is 4.93. The van der Waals surface area contributed by atoms with E-state index in [1.807, 2.05) is 0 Å². The minimum Gasteiger partial charge on any atom is -0.465 e. The van der Waals surface area contributed by atoms with Crippen LogP contribution < -0.4 is 0 Å². The van der Waals surface area contributed by atoms with Crippen molar-refractivity contribution in [2.45, 2.75) is 38.7 Å². The third-order valence-electron chi connectivity index (χ3n) is 3.31. The predicted molar refractivity (Wildman–Crippen MR) is 64.9 cm³/mol. The Balaban J connectivity index is 1.88. The van der Waals surface area contributed by atoms with Gasteiger partial charge in [-0.3, -0.25) is 9.59 Å². The molecule has 0 spiro atoms. The van der Waals surface area contributed by atoms with Crippen LogP contribution in [0.4, 0.5) is 0 Å². The molecule has 2 aliphatic rings. The number of rotatable bonds is 6. The van der Waals surface area contributed by atoms with Crippen molar-refractivity contribution in [3.8, 4) is 0 Å². The molecule has 0 aromatic rings. The zero-order chi connectivity index (χ0) is 13.0. The lowest BCUT2D eigenvalue weighted by Crippen LogP contribution is -2.42. The summed E-state index contributed by atoms with van der Waals surface area (Å²) in [5.74, 6) is -0.121. The molecule has 0 bridgehead atoms. The fourth-order valence-electron chi connectivity index (χ4n) is 2.22. The van der Waals surface area contributed by atoms with E-state index in [-0.39, 0.29) is 30.4 Å². The summed E-state index contributed by atoms with van der Waals surface area (Å²) < 4.78 is 10.4. The standard InChI is InChI=1S/C13H21NO4/c1-2-17-12(15)9-14(13(16)10-5-6-10)8-11-4-3-7-18-11/h10-11H,2-9H2,1H3/t11-/m0/s1. The van der Waals surface area contributed by atoms with Crippen LogP contribution in [0, 0.1) is 5.92 Å². The van der Waals surface area contributed by atoms with Gasteiger partial charge < -0.3 is 14.4 Å². The molecular weight excluding hydrogens is 234 g/mol. The molecule has 102 valence electrons. The van der Waals surface area contributed by atoms with Gasteiger partial charge in [0.15, 0.2) is 0 Å². The highest BCUT2D eigenvalue weighted by Gasteiger charge is 2.35. The second kappa shape index (κ2) is 6.18. The summed E-state index contributed by atoms with van der Waals surface area (Å²) in [6, 6.07) is 0.